The van der Waals surface area contributed by atoms with Crippen LogP contribution in [0.5, 0.6) is 0 Å². The third kappa shape index (κ3) is 1.33. The molecule has 0 aliphatic heterocycles. The van der Waals surface area contributed by atoms with Crippen LogP contribution < -0.4 is 5.73 Å². The minimum absolute atomic E-state index is 0.0969. The van der Waals surface area contributed by atoms with Crippen molar-refractivity contribution in [1.29, 1.82) is 5.26 Å². The Hall–Kier alpha value is -2.61. The lowest BCUT2D eigenvalue weighted by atomic mass is 10.0. The van der Waals surface area contributed by atoms with Crippen molar-refractivity contribution in [2.75, 3.05) is 5.73 Å². The molecule has 0 atom stereocenters. The van der Waals surface area contributed by atoms with Gasteiger partial charge >= 0.3 is 0 Å². The normalized spacial score (nSPS) is 9.94. The molecule has 2 aromatic rings. The van der Waals surface area contributed by atoms with Gasteiger partial charge in [0.1, 0.15) is 5.69 Å². The summed E-state index contributed by atoms with van der Waals surface area (Å²) in [4.78, 5) is 10.1. The number of nitrogens with two attached hydrogens (primary N) is 1. The highest BCUT2D eigenvalue weighted by molar-refractivity contribution is 5.99. The van der Waals surface area contributed by atoms with Crippen LogP contribution in [0.1, 0.15) is 5.56 Å². The van der Waals surface area contributed by atoms with E-state index in [1.807, 2.05) is 6.07 Å². The van der Waals surface area contributed by atoms with Gasteiger partial charge in [0, 0.05) is 16.8 Å². The van der Waals surface area contributed by atoms with E-state index < -0.39 is 4.92 Å². The molecule has 0 aromatic heterocycles. The third-order valence-corrected chi connectivity index (χ3v) is 2.40. The number of benzene rings is 2. The van der Waals surface area contributed by atoms with E-state index in [1.165, 1.54) is 6.07 Å². The monoisotopic (exact) mass is 213 g/mol. The van der Waals surface area contributed by atoms with Crippen molar-refractivity contribution < 1.29 is 4.92 Å². The molecule has 0 heterocycles. The molecule has 0 unspecified atom stereocenters. The van der Waals surface area contributed by atoms with E-state index in [-0.39, 0.29) is 11.4 Å². The Kier molecular flexibility index (Phi) is 2.18. The van der Waals surface area contributed by atoms with Crippen LogP contribution in [-0.2, 0) is 0 Å². The van der Waals surface area contributed by atoms with Gasteiger partial charge in [-0.05, 0) is 12.1 Å². The van der Waals surface area contributed by atoms with E-state index in [0.717, 1.165) is 0 Å². The molecule has 0 aliphatic rings. The molecule has 2 aromatic carbocycles. The maximum absolute atomic E-state index is 10.7. The van der Waals surface area contributed by atoms with Gasteiger partial charge in [-0.3, -0.25) is 10.1 Å². The minimum Gasteiger partial charge on any atom is -0.393 e. The Bertz CT molecular complexity index is 629. The van der Waals surface area contributed by atoms with E-state index in [0.29, 0.717) is 16.3 Å². The molecule has 78 valence electrons. The second-order valence-electron chi connectivity index (χ2n) is 3.27. The van der Waals surface area contributed by atoms with Crippen LogP contribution >= 0.6 is 0 Å². The second-order valence-corrected chi connectivity index (χ2v) is 3.27. The topological polar surface area (TPSA) is 93.0 Å². The van der Waals surface area contributed by atoms with Crippen LogP contribution in [0.2, 0.25) is 0 Å². The summed E-state index contributed by atoms with van der Waals surface area (Å²) in [5.74, 6) is 0. The van der Waals surface area contributed by atoms with Gasteiger partial charge in [-0.2, -0.15) is 5.26 Å². The highest BCUT2D eigenvalue weighted by atomic mass is 16.6. The molecule has 2 N–H and O–H groups in total. The predicted molar refractivity (Wildman–Crippen MR) is 59.7 cm³/mol. The van der Waals surface area contributed by atoms with E-state index >= 15 is 0 Å². The van der Waals surface area contributed by atoms with Crippen molar-refractivity contribution in [2.24, 2.45) is 0 Å². The molecule has 0 amide bonds. The number of hydrogen-bond acceptors (Lipinski definition) is 4. The number of nitrogen functional groups attached to an aromatic ring is 1. The fourth-order valence-corrected chi connectivity index (χ4v) is 1.63. The molecule has 0 saturated heterocycles. The fourth-order valence-electron chi connectivity index (χ4n) is 1.63. The maximum Gasteiger partial charge on any atom is 0.292 e. The number of anilines is 1. The van der Waals surface area contributed by atoms with Gasteiger partial charge in [0.2, 0.25) is 0 Å². The first kappa shape index (κ1) is 9.93. The third-order valence-electron chi connectivity index (χ3n) is 2.40. The number of nitriles is 1. The largest absolute Gasteiger partial charge is 0.393 e. The van der Waals surface area contributed by atoms with E-state index in [1.54, 1.807) is 24.3 Å². The first-order valence-electron chi connectivity index (χ1n) is 4.51. The molecule has 0 aliphatic carbocycles. The van der Waals surface area contributed by atoms with Crippen LogP contribution in [-0.4, -0.2) is 4.92 Å². The fraction of sp³-hybridized carbons (Fsp3) is 0. The molecular weight excluding hydrogens is 206 g/mol. The smallest absolute Gasteiger partial charge is 0.292 e. The Morgan fingerprint density at radius 3 is 2.62 bits per heavy atom. The minimum atomic E-state index is -0.534. The Labute approximate surface area is 90.9 Å². The average Bonchev–Trinajstić information content (AvgIpc) is 2.28. The first-order valence-corrected chi connectivity index (χ1v) is 4.51. The summed E-state index contributed by atoms with van der Waals surface area (Å²) < 4.78 is 0. The Morgan fingerprint density at radius 1 is 1.25 bits per heavy atom. The number of nitro groups is 1. The molecule has 0 spiro atoms. The number of nitrogens with zero attached hydrogens (tertiary/aromatic N) is 2. The van der Waals surface area contributed by atoms with Gasteiger partial charge in [-0.1, -0.05) is 12.1 Å². The Balaban J connectivity index is 2.88. The number of nitro benzene ring substituents is 1. The van der Waals surface area contributed by atoms with Gasteiger partial charge in [-0.25, -0.2) is 0 Å². The van der Waals surface area contributed by atoms with Gasteiger partial charge in [-0.15, -0.1) is 0 Å². The van der Waals surface area contributed by atoms with Gasteiger partial charge in [0.25, 0.3) is 5.69 Å². The average molecular weight is 213 g/mol. The molecule has 2 rings (SSSR count). The summed E-state index contributed by atoms with van der Waals surface area (Å²) in [5, 5.41) is 20.7. The van der Waals surface area contributed by atoms with Crippen molar-refractivity contribution in [1.82, 2.24) is 0 Å². The van der Waals surface area contributed by atoms with Crippen LogP contribution in [0, 0.1) is 21.4 Å². The van der Waals surface area contributed by atoms with Crippen LogP contribution in [0.25, 0.3) is 10.8 Å². The van der Waals surface area contributed by atoms with Crippen LogP contribution in [0.4, 0.5) is 11.4 Å². The molecular formula is C11H7N3O2. The lowest BCUT2D eigenvalue weighted by Crippen LogP contribution is -1.96. The Morgan fingerprint density at radius 2 is 2.00 bits per heavy atom. The van der Waals surface area contributed by atoms with E-state index in [4.69, 9.17) is 11.0 Å². The molecule has 0 radical (unpaired) electrons. The van der Waals surface area contributed by atoms with Crippen molar-refractivity contribution in [3.8, 4) is 6.07 Å². The summed E-state index contributed by atoms with van der Waals surface area (Å²) in [5.41, 5.74) is 6.11. The summed E-state index contributed by atoms with van der Waals surface area (Å²) in [7, 11) is 0. The van der Waals surface area contributed by atoms with Crippen molar-refractivity contribution >= 4 is 22.1 Å². The quantitative estimate of drug-likeness (QED) is 0.446. The highest BCUT2D eigenvalue weighted by Gasteiger charge is 2.14. The molecule has 0 fully saturated rings. The number of fused-ring (bicyclic) bond motifs is 1. The second kappa shape index (κ2) is 3.51. The van der Waals surface area contributed by atoms with Crippen molar-refractivity contribution in [3.05, 3.63) is 46.0 Å². The molecule has 5 nitrogen and oxygen atoms in total. The zero-order chi connectivity index (χ0) is 11.7. The van der Waals surface area contributed by atoms with E-state index in [9.17, 15) is 10.1 Å². The van der Waals surface area contributed by atoms with E-state index in [2.05, 4.69) is 0 Å². The van der Waals surface area contributed by atoms with Crippen LogP contribution in [0.15, 0.2) is 30.3 Å². The highest BCUT2D eigenvalue weighted by Crippen LogP contribution is 2.31. The molecule has 5 heteroatoms. The van der Waals surface area contributed by atoms with Gasteiger partial charge in [0.05, 0.1) is 16.6 Å². The zero-order valence-electron chi connectivity index (χ0n) is 8.18. The van der Waals surface area contributed by atoms with Gasteiger partial charge < -0.3 is 5.73 Å². The summed E-state index contributed by atoms with van der Waals surface area (Å²) >= 11 is 0. The predicted octanol–water partition coefficient (Wildman–Crippen LogP) is 2.20. The number of hydrogen-bond donors (Lipinski definition) is 1. The first-order chi connectivity index (χ1) is 7.65. The van der Waals surface area contributed by atoms with Crippen LogP contribution in [0.3, 0.4) is 0 Å². The summed E-state index contributed by atoms with van der Waals surface area (Å²) in [6.45, 7) is 0. The standard InChI is InChI=1S/C11H7N3O2/c12-6-7-2-1-3-9-8(7)4-5-10(11(9)13)14(15)16/h1-5H,13H2. The van der Waals surface area contributed by atoms with Crippen molar-refractivity contribution in [2.45, 2.75) is 0 Å². The zero-order valence-corrected chi connectivity index (χ0v) is 8.18. The SMILES string of the molecule is N#Cc1cccc2c(N)c([N+](=O)[O-])ccc12. The van der Waals surface area contributed by atoms with Gasteiger partial charge in [0.15, 0.2) is 0 Å². The molecule has 0 saturated carbocycles. The lowest BCUT2D eigenvalue weighted by Gasteiger charge is -2.03. The maximum atomic E-state index is 10.7. The number of rotatable bonds is 1. The molecule has 16 heavy (non-hydrogen) atoms. The van der Waals surface area contributed by atoms with Crippen molar-refractivity contribution in [3.63, 3.8) is 0 Å². The summed E-state index contributed by atoms with van der Waals surface area (Å²) in [6, 6.07) is 9.85. The summed E-state index contributed by atoms with van der Waals surface area (Å²) in [6.07, 6.45) is 0. The molecule has 0 bridgehead atoms. The lowest BCUT2D eigenvalue weighted by molar-refractivity contribution is -0.383.